The third-order valence-corrected chi connectivity index (χ3v) is 4.55. The number of rotatable bonds is 7. The monoisotopic (exact) mass is 398 g/mol. The fourth-order valence-electron chi connectivity index (χ4n) is 2.76. The van der Waals surface area contributed by atoms with Gasteiger partial charge >= 0.3 is 0 Å². The van der Waals surface area contributed by atoms with Gasteiger partial charge in [0.25, 0.3) is 0 Å². The summed E-state index contributed by atoms with van der Waals surface area (Å²) in [5.41, 5.74) is 2.96. The molecule has 0 fully saturated rings. The molecule has 2 aromatic carbocycles. The number of hydrogen-bond donors (Lipinski definition) is 1. The maximum absolute atomic E-state index is 5.42. The Hall–Kier alpha value is -3.13. The largest absolute Gasteiger partial charge is 0.493 e. The van der Waals surface area contributed by atoms with Crippen molar-refractivity contribution in [1.29, 1.82) is 0 Å². The molecule has 7 nitrogen and oxygen atoms in total. The molecule has 0 aliphatic carbocycles. The Labute approximate surface area is 168 Å². The van der Waals surface area contributed by atoms with Crippen LogP contribution in [0.1, 0.15) is 18.1 Å². The predicted octanol–water partition coefficient (Wildman–Crippen LogP) is 4.08. The van der Waals surface area contributed by atoms with Gasteiger partial charge in [-0.25, -0.2) is 5.10 Å². The topological polar surface area (TPSA) is 73.7 Å². The molecule has 1 heterocycles. The molecular weight excluding hydrogens is 376 g/mol. The fourth-order valence-corrected chi connectivity index (χ4v) is 2.94. The molecule has 0 bridgehead atoms. The number of benzene rings is 2. The number of nitrogens with one attached hydrogen (secondary N) is 1. The van der Waals surface area contributed by atoms with Gasteiger partial charge in [0.15, 0.2) is 17.3 Å². The normalized spacial score (nSPS) is 11.0. The summed E-state index contributed by atoms with van der Waals surface area (Å²) in [6.45, 7) is 2.12. The average molecular weight is 398 g/mol. The van der Waals surface area contributed by atoms with E-state index in [1.54, 1.807) is 44.4 Å². The number of nitrogens with zero attached hydrogens (tertiary/aromatic N) is 3. The lowest BCUT2D eigenvalue weighted by Crippen LogP contribution is -1.99. The Morgan fingerprint density at radius 3 is 2.25 bits per heavy atom. The summed E-state index contributed by atoms with van der Waals surface area (Å²) in [6, 6.07) is 11.8. The molecule has 0 amide bonds. The molecule has 0 spiro atoms. The highest BCUT2D eigenvalue weighted by Gasteiger charge is 2.17. The quantitative estimate of drug-likeness (QED) is 0.480. The van der Waals surface area contributed by atoms with E-state index in [2.05, 4.69) is 34.4 Å². The predicted molar refractivity (Wildman–Crippen MR) is 111 cm³/mol. The van der Waals surface area contributed by atoms with E-state index in [1.807, 2.05) is 12.1 Å². The molecule has 0 saturated carbocycles. The number of H-pyrrole nitrogens is 1. The highest BCUT2D eigenvalue weighted by molar-refractivity contribution is 7.71. The van der Waals surface area contributed by atoms with Gasteiger partial charge in [-0.2, -0.15) is 14.9 Å². The summed E-state index contributed by atoms with van der Waals surface area (Å²) in [5, 5.41) is 11.6. The minimum absolute atomic E-state index is 0.380. The summed E-state index contributed by atoms with van der Waals surface area (Å²) in [6.07, 6.45) is 2.74. The highest BCUT2D eigenvalue weighted by Crippen LogP contribution is 2.40. The van der Waals surface area contributed by atoms with Crippen LogP contribution in [-0.2, 0) is 6.42 Å². The average Bonchev–Trinajstić information content (AvgIpc) is 3.11. The zero-order valence-corrected chi connectivity index (χ0v) is 17.0. The first kappa shape index (κ1) is 19.6. The van der Waals surface area contributed by atoms with Gasteiger partial charge in [-0.05, 0) is 41.9 Å². The molecule has 1 N–H and O–H groups in total. The van der Waals surface area contributed by atoms with Crippen molar-refractivity contribution < 1.29 is 14.2 Å². The van der Waals surface area contributed by atoms with Crippen LogP contribution in [0.15, 0.2) is 41.5 Å². The van der Waals surface area contributed by atoms with E-state index < -0.39 is 0 Å². The van der Waals surface area contributed by atoms with Crippen LogP contribution in [0.2, 0.25) is 0 Å². The van der Waals surface area contributed by atoms with Crippen LogP contribution < -0.4 is 14.2 Å². The molecule has 0 saturated heterocycles. The number of hydrogen-bond acceptors (Lipinski definition) is 6. The summed E-state index contributed by atoms with van der Waals surface area (Å²) in [7, 11) is 4.69. The first-order valence-electron chi connectivity index (χ1n) is 8.72. The summed E-state index contributed by atoms with van der Waals surface area (Å²) >= 11 is 5.34. The van der Waals surface area contributed by atoms with Gasteiger partial charge in [-0.1, -0.05) is 31.2 Å². The van der Waals surface area contributed by atoms with Crippen molar-refractivity contribution in [2.45, 2.75) is 13.3 Å². The molecule has 28 heavy (non-hydrogen) atoms. The van der Waals surface area contributed by atoms with E-state index >= 15 is 0 Å². The van der Waals surface area contributed by atoms with Gasteiger partial charge in [-0.3, -0.25) is 0 Å². The van der Waals surface area contributed by atoms with Crippen LogP contribution in [-0.4, -0.2) is 42.4 Å². The standard InChI is InChI=1S/C20H22N4O3S/c1-5-13-6-8-14(9-7-13)12-21-24-19(22-23-20(24)28)15-10-16(25-2)18(27-4)17(11-15)26-3/h6-12H,5H2,1-4H3,(H,23,28)/b21-12+. The van der Waals surface area contributed by atoms with E-state index in [0.29, 0.717) is 27.8 Å². The van der Waals surface area contributed by atoms with Crippen molar-refractivity contribution in [3.63, 3.8) is 0 Å². The van der Waals surface area contributed by atoms with Crippen molar-refractivity contribution in [1.82, 2.24) is 14.9 Å². The molecule has 0 unspecified atom stereocenters. The van der Waals surface area contributed by atoms with Gasteiger partial charge in [-0.15, -0.1) is 0 Å². The van der Waals surface area contributed by atoms with Crippen LogP contribution in [0.3, 0.4) is 0 Å². The molecule has 146 valence electrons. The second-order valence-corrected chi connectivity index (χ2v) is 6.30. The second kappa shape index (κ2) is 8.71. The van der Waals surface area contributed by atoms with Gasteiger partial charge < -0.3 is 14.2 Å². The Kier molecular flexibility index (Phi) is 6.10. The van der Waals surface area contributed by atoms with Crippen LogP contribution in [0.4, 0.5) is 0 Å². The van der Waals surface area contributed by atoms with Crippen molar-refractivity contribution in [2.24, 2.45) is 5.10 Å². The Morgan fingerprint density at radius 1 is 1.07 bits per heavy atom. The lowest BCUT2D eigenvalue weighted by molar-refractivity contribution is 0.324. The number of ether oxygens (including phenoxy) is 3. The summed E-state index contributed by atoms with van der Waals surface area (Å²) in [4.78, 5) is 0. The lowest BCUT2D eigenvalue weighted by Gasteiger charge is -2.13. The Balaban J connectivity index is 2.03. The van der Waals surface area contributed by atoms with Gasteiger partial charge in [0.05, 0.1) is 27.5 Å². The van der Waals surface area contributed by atoms with E-state index in [0.717, 1.165) is 17.5 Å². The van der Waals surface area contributed by atoms with E-state index in [4.69, 9.17) is 26.4 Å². The molecule has 0 atom stereocenters. The number of methoxy groups -OCH3 is 3. The van der Waals surface area contributed by atoms with Crippen molar-refractivity contribution in [3.8, 4) is 28.6 Å². The molecule has 8 heteroatoms. The number of aromatic nitrogens is 3. The molecule has 3 rings (SSSR count). The minimum atomic E-state index is 0.380. The molecule has 0 aliphatic rings. The van der Waals surface area contributed by atoms with E-state index in [1.165, 1.54) is 5.56 Å². The van der Waals surface area contributed by atoms with Gasteiger partial charge in [0.2, 0.25) is 10.5 Å². The van der Waals surface area contributed by atoms with Crippen LogP contribution >= 0.6 is 12.2 Å². The van der Waals surface area contributed by atoms with E-state index in [-0.39, 0.29) is 0 Å². The second-order valence-electron chi connectivity index (χ2n) is 5.92. The van der Waals surface area contributed by atoms with Crippen molar-refractivity contribution >= 4 is 18.4 Å². The van der Waals surface area contributed by atoms with Crippen LogP contribution in [0.5, 0.6) is 17.2 Å². The summed E-state index contributed by atoms with van der Waals surface area (Å²) in [5.74, 6) is 2.09. The smallest absolute Gasteiger partial charge is 0.216 e. The zero-order chi connectivity index (χ0) is 20.1. The highest BCUT2D eigenvalue weighted by atomic mass is 32.1. The zero-order valence-electron chi connectivity index (χ0n) is 16.2. The molecular formula is C20H22N4O3S. The lowest BCUT2D eigenvalue weighted by atomic mass is 10.1. The number of aryl methyl sites for hydroxylation is 1. The Bertz CT molecular complexity index is 1010. The third-order valence-electron chi connectivity index (χ3n) is 4.28. The van der Waals surface area contributed by atoms with Crippen molar-refractivity contribution in [2.75, 3.05) is 21.3 Å². The molecule has 0 radical (unpaired) electrons. The maximum atomic E-state index is 5.42. The first-order valence-corrected chi connectivity index (χ1v) is 9.13. The summed E-state index contributed by atoms with van der Waals surface area (Å²) < 4.78 is 18.2. The maximum Gasteiger partial charge on any atom is 0.216 e. The number of aromatic amines is 1. The van der Waals surface area contributed by atoms with Gasteiger partial charge in [0, 0.05) is 5.56 Å². The fraction of sp³-hybridized carbons (Fsp3) is 0.250. The third kappa shape index (κ3) is 3.91. The van der Waals surface area contributed by atoms with E-state index in [9.17, 15) is 0 Å². The minimum Gasteiger partial charge on any atom is -0.493 e. The van der Waals surface area contributed by atoms with Gasteiger partial charge in [0.1, 0.15) is 0 Å². The Morgan fingerprint density at radius 2 is 1.71 bits per heavy atom. The molecule has 0 aliphatic heterocycles. The van der Waals surface area contributed by atoms with Crippen LogP contribution in [0, 0.1) is 4.77 Å². The molecule has 1 aromatic heterocycles. The first-order chi connectivity index (χ1) is 13.6. The van der Waals surface area contributed by atoms with Crippen LogP contribution in [0.25, 0.3) is 11.4 Å². The molecule has 3 aromatic rings. The van der Waals surface area contributed by atoms with Crippen molar-refractivity contribution in [3.05, 3.63) is 52.3 Å². The SMILES string of the molecule is CCc1ccc(/C=N/n2c(-c3cc(OC)c(OC)c(OC)c3)n[nH]c2=S)cc1.